The lowest BCUT2D eigenvalue weighted by molar-refractivity contribution is 0.113. The predicted molar refractivity (Wildman–Crippen MR) is 64.3 cm³/mol. The number of aromatic nitrogens is 1. The molecule has 1 aromatic rings. The van der Waals surface area contributed by atoms with E-state index >= 15 is 0 Å². The molecule has 1 aromatic heterocycles. The van der Waals surface area contributed by atoms with Gasteiger partial charge < -0.3 is 4.74 Å². The van der Waals surface area contributed by atoms with Crippen molar-refractivity contribution >= 4 is 22.6 Å². The molecule has 0 aromatic carbocycles. The molecule has 2 rings (SSSR count). The standard InChI is InChI=1S/C11H14INO/c1-8-2-3-9(8)7-14-11-5-4-10(12)6-13-11/h4-6,8-9H,2-3,7H2,1H3. The summed E-state index contributed by atoms with van der Waals surface area (Å²) in [6, 6.07) is 3.96. The summed E-state index contributed by atoms with van der Waals surface area (Å²) in [5.41, 5.74) is 0. The molecule has 0 N–H and O–H groups in total. The molecule has 1 saturated carbocycles. The zero-order valence-electron chi connectivity index (χ0n) is 8.24. The molecule has 2 nitrogen and oxygen atoms in total. The van der Waals surface area contributed by atoms with E-state index in [1.54, 1.807) is 0 Å². The lowest BCUT2D eigenvalue weighted by atomic mass is 9.75. The Balaban J connectivity index is 1.83. The quantitative estimate of drug-likeness (QED) is 0.801. The summed E-state index contributed by atoms with van der Waals surface area (Å²) < 4.78 is 6.77. The van der Waals surface area contributed by atoms with Crippen LogP contribution in [-0.2, 0) is 0 Å². The Hall–Kier alpha value is -0.320. The van der Waals surface area contributed by atoms with E-state index in [0.29, 0.717) is 0 Å². The molecule has 0 spiro atoms. The van der Waals surface area contributed by atoms with Crippen LogP contribution in [0, 0.1) is 15.4 Å². The molecule has 1 aliphatic carbocycles. The van der Waals surface area contributed by atoms with Gasteiger partial charge in [-0.3, -0.25) is 0 Å². The van der Waals surface area contributed by atoms with Gasteiger partial charge >= 0.3 is 0 Å². The van der Waals surface area contributed by atoms with E-state index in [4.69, 9.17) is 4.74 Å². The normalized spacial score (nSPS) is 25.6. The minimum atomic E-state index is 0.746. The highest BCUT2D eigenvalue weighted by Gasteiger charge is 2.27. The highest BCUT2D eigenvalue weighted by molar-refractivity contribution is 14.1. The van der Waals surface area contributed by atoms with Crippen molar-refractivity contribution in [2.75, 3.05) is 6.61 Å². The van der Waals surface area contributed by atoms with Gasteiger partial charge in [0.15, 0.2) is 0 Å². The van der Waals surface area contributed by atoms with Gasteiger partial charge in [-0.05, 0) is 53.3 Å². The molecule has 0 saturated heterocycles. The molecule has 0 radical (unpaired) electrons. The number of nitrogens with zero attached hydrogens (tertiary/aromatic N) is 1. The van der Waals surface area contributed by atoms with Crippen LogP contribution >= 0.6 is 22.6 Å². The second kappa shape index (κ2) is 4.47. The minimum absolute atomic E-state index is 0.746. The molecule has 1 aliphatic rings. The van der Waals surface area contributed by atoms with Crippen LogP contribution in [0.25, 0.3) is 0 Å². The van der Waals surface area contributed by atoms with Crippen molar-refractivity contribution in [1.82, 2.24) is 4.98 Å². The van der Waals surface area contributed by atoms with Crippen LogP contribution in [0.3, 0.4) is 0 Å². The third kappa shape index (κ3) is 2.38. The lowest BCUT2D eigenvalue weighted by Crippen LogP contribution is -2.28. The van der Waals surface area contributed by atoms with Crippen molar-refractivity contribution in [1.29, 1.82) is 0 Å². The van der Waals surface area contributed by atoms with Crippen LogP contribution < -0.4 is 4.74 Å². The smallest absolute Gasteiger partial charge is 0.213 e. The van der Waals surface area contributed by atoms with Gasteiger partial charge in [-0.25, -0.2) is 4.98 Å². The molecule has 2 unspecified atom stereocenters. The zero-order valence-corrected chi connectivity index (χ0v) is 10.4. The maximum Gasteiger partial charge on any atom is 0.213 e. The maximum absolute atomic E-state index is 5.62. The van der Waals surface area contributed by atoms with E-state index in [-0.39, 0.29) is 0 Å². The van der Waals surface area contributed by atoms with Gasteiger partial charge in [-0.15, -0.1) is 0 Å². The monoisotopic (exact) mass is 303 g/mol. The summed E-state index contributed by atoms with van der Waals surface area (Å²) in [6.07, 6.45) is 4.50. The first kappa shape index (κ1) is 10.2. The molecule has 2 atom stereocenters. The average Bonchev–Trinajstić information content (AvgIpc) is 2.19. The lowest BCUT2D eigenvalue weighted by Gasteiger charge is -2.33. The van der Waals surface area contributed by atoms with E-state index in [1.165, 1.54) is 12.8 Å². The molecule has 1 heterocycles. The maximum atomic E-state index is 5.62. The first-order valence-electron chi connectivity index (χ1n) is 5.00. The topological polar surface area (TPSA) is 22.1 Å². The largest absolute Gasteiger partial charge is 0.477 e. The first-order valence-corrected chi connectivity index (χ1v) is 6.08. The van der Waals surface area contributed by atoms with Gasteiger partial charge in [0.05, 0.1) is 6.61 Å². The first-order chi connectivity index (χ1) is 6.75. The number of pyridine rings is 1. The predicted octanol–water partition coefficient (Wildman–Crippen LogP) is 3.11. The summed E-state index contributed by atoms with van der Waals surface area (Å²) >= 11 is 2.24. The average molecular weight is 303 g/mol. The highest BCUT2D eigenvalue weighted by Crippen LogP contribution is 2.33. The van der Waals surface area contributed by atoms with Crippen LogP contribution in [-0.4, -0.2) is 11.6 Å². The number of hydrogen-bond donors (Lipinski definition) is 0. The molecular formula is C11H14INO. The Morgan fingerprint density at radius 2 is 2.36 bits per heavy atom. The van der Waals surface area contributed by atoms with Gasteiger partial charge in [0, 0.05) is 15.8 Å². The van der Waals surface area contributed by atoms with E-state index in [9.17, 15) is 0 Å². The van der Waals surface area contributed by atoms with Gasteiger partial charge in [-0.2, -0.15) is 0 Å². The third-order valence-corrected chi connectivity index (χ3v) is 3.58. The van der Waals surface area contributed by atoms with Crippen molar-refractivity contribution in [2.24, 2.45) is 11.8 Å². The summed E-state index contributed by atoms with van der Waals surface area (Å²) in [7, 11) is 0. The summed E-state index contributed by atoms with van der Waals surface area (Å²) in [5, 5.41) is 0. The summed E-state index contributed by atoms with van der Waals surface area (Å²) in [4.78, 5) is 4.20. The fourth-order valence-electron chi connectivity index (χ4n) is 1.62. The Bertz CT molecular complexity index is 299. The van der Waals surface area contributed by atoms with E-state index in [0.717, 1.165) is 27.9 Å². The molecule has 1 fully saturated rings. The van der Waals surface area contributed by atoms with Crippen molar-refractivity contribution in [2.45, 2.75) is 19.8 Å². The van der Waals surface area contributed by atoms with Crippen LogP contribution in [0.1, 0.15) is 19.8 Å². The fourth-order valence-corrected chi connectivity index (χ4v) is 1.94. The Morgan fingerprint density at radius 3 is 2.86 bits per heavy atom. The SMILES string of the molecule is CC1CCC1COc1ccc(I)cn1. The number of halogens is 1. The third-order valence-electron chi connectivity index (χ3n) is 2.94. The number of hydrogen-bond acceptors (Lipinski definition) is 2. The van der Waals surface area contributed by atoms with Crippen molar-refractivity contribution < 1.29 is 4.74 Å². The molecule has 14 heavy (non-hydrogen) atoms. The minimum Gasteiger partial charge on any atom is -0.477 e. The zero-order chi connectivity index (χ0) is 9.97. The van der Waals surface area contributed by atoms with Crippen molar-refractivity contribution in [3.05, 3.63) is 21.9 Å². The van der Waals surface area contributed by atoms with E-state index in [2.05, 4.69) is 34.5 Å². The van der Waals surface area contributed by atoms with Crippen LogP contribution in [0.5, 0.6) is 5.88 Å². The van der Waals surface area contributed by atoms with Gasteiger partial charge in [0.25, 0.3) is 0 Å². The molecular weight excluding hydrogens is 289 g/mol. The Labute approximate surface area is 98.2 Å². The highest BCUT2D eigenvalue weighted by atomic mass is 127. The fraction of sp³-hybridized carbons (Fsp3) is 0.545. The van der Waals surface area contributed by atoms with Crippen molar-refractivity contribution in [3.8, 4) is 5.88 Å². The van der Waals surface area contributed by atoms with Crippen LogP contribution in [0.4, 0.5) is 0 Å². The molecule has 0 aliphatic heterocycles. The number of ether oxygens (including phenoxy) is 1. The second-order valence-corrected chi connectivity index (χ2v) is 5.19. The number of rotatable bonds is 3. The Kier molecular flexibility index (Phi) is 3.26. The molecule has 0 amide bonds. The molecule has 3 heteroatoms. The second-order valence-electron chi connectivity index (χ2n) is 3.94. The van der Waals surface area contributed by atoms with Crippen molar-refractivity contribution in [3.63, 3.8) is 0 Å². The van der Waals surface area contributed by atoms with Gasteiger partial charge in [0.2, 0.25) is 5.88 Å². The van der Waals surface area contributed by atoms with Gasteiger partial charge in [0.1, 0.15) is 0 Å². The molecule has 0 bridgehead atoms. The van der Waals surface area contributed by atoms with E-state index < -0.39 is 0 Å². The van der Waals surface area contributed by atoms with Crippen LogP contribution in [0.15, 0.2) is 18.3 Å². The van der Waals surface area contributed by atoms with E-state index in [1.807, 2.05) is 18.3 Å². The molecule has 76 valence electrons. The Morgan fingerprint density at radius 1 is 1.50 bits per heavy atom. The van der Waals surface area contributed by atoms with Crippen LogP contribution in [0.2, 0.25) is 0 Å². The summed E-state index contributed by atoms with van der Waals surface area (Å²) in [5.74, 6) is 2.33. The van der Waals surface area contributed by atoms with Gasteiger partial charge in [-0.1, -0.05) is 6.92 Å². The summed E-state index contributed by atoms with van der Waals surface area (Å²) in [6.45, 7) is 3.12.